The zero-order valence-electron chi connectivity index (χ0n) is 12.0. The summed E-state index contributed by atoms with van der Waals surface area (Å²) in [5.74, 6) is 0.0334. The number of H-pyrrole nitrogens is 1. The number of carbonyl (C=O) groups excluding carboxylic acids is 1. The van der Waals surface area contributed by atoms with E-state index in [2.05, 4.69) is 15.5 Å². The van der Waals surface area contributed by atoms with Crippen molar-refractivity contribution in [3.8, 4) is 0 Å². The minimum absolute atomic E-state index is 0.0875. The van der Waals surface area contributed by atoms with E-state index in [0.717, 1.165) is 25.0 Å². The van der Waals surface area contributed by atoms with E-state index in [-0.39, 0.29) is 23.3 Å². The molecule has 1 aliphatic heterocycles. The molecule has 3 rings (SSSR count). The first-order valence-electron chi connectivity index (χ1n) is 7.14. The molecule has 0 spiro atoms. The van der Waals surface area contributed by atoms with Gasteiger partial charge >= 0.3 is 0 Å². The summed E-state index contributed by atoms with van der Waals surface area (Å²) >= 11 is 0. The Balaban J connectivity index is 1.72. The van der Waals surface area contributed by atoms with Crippen molar-refractivity contribution in [2.45, 2.75) is 44.9 Å². The molecule has 0 radical (unpaired) electrons. The number of rotatable bonds is 3. The van der Waals surface area contributed by atoms with E-state index in [1.54, 1.807) is 12.4 Å². The Morgan fingerprint density at radius 2 is 2.45 bits per heavy atom. The van der Waals surface area contributed by atoms with Gasteiger partial charge in [0.25, 0.3) is 0 Å². The van der Waals surface area contributed by atoms with Crippen LogP contribution in [0.3, 0.4) is 0 Å². The molecule has 1 saturated carbocycles. The first-order chi connectivity index (χ1) is 9.48. The van der Waals surface area contributed by atoms with Crippen LogP contribution in [0, 0.1) is 11.3 Å². The Kier molecular flexibility index (Phi) is 3.10. The van der Waals surface area contributed by atoms with Gasteiger partial charge in [-0.2, -0.15) is 5.10 Å². The maximum atomic E-state index is 12.6. The number of carbonyl (C=O) groups is 1. The monoisotopic (exact) mass is 278 g/mol. The molecule has 1 amide bonds. The van der Waals surface area contributed by atoms with E-state index in [1.807, 2.05) is 13.8 Å². The van der Waals surface area contributed by atoms with Crippen LogP contribution in [0.5, 0.6) is 0 Å². The number of nitrogens with zero attached hydrogens (tertiary/aromatic N) is 1. The molecule has 6 nitrogen and oxygen atoms in total. The van der Waals surface area contributed by atoms with E-state index in [4.69, 9.17) is 10.5 Å². The van der Waals surface area contributed by atoms with E-state index in [9.17, 15) is 4.79 Å². The first kappa shape index (κ1) is 13.6. The second kappa shape index (κ2) is 4.56. The fourth-order valence-electron chi connectivity index (χ4n) is 3.74. The number of nitrogens with two attached hydrogens (primary N) is 1. The average Bonchev–Trinajstić information content (AvgIpc) is 2.97. The number of fused-ring (bicyclic) bond motifs is 1. The summed E-state index contributed by atoms with van der Waals surface area (Å²) in [6.07, 6.45) is 5.50. The summed E-state index contributed by atoms with van der Waals surface area (Å²) in [7, 11) is 0. The van der Waals surface area contributed by atoms with Crippen LogP contribution in [-0.4, -0.2) is 34.4 Å². The quantitative estimate of drug-likeness (QED) is 0.753. The predicted molar refractivity (Wildman–Crippen MR) is 73.6 cm³/mol. The van der Waals surface area contributed by atoms with Gasteiger partial charge in [-0.25, -0.2) is 0 Å². The molecule has 1 aromatic rings. The molecule has 0 bridgehead atoms. The standard InChI is InChI=1S/C14H22N4O2/c1-13(2)11-10(4-3-5-20-11)14(13,15)12(19)16-6-9-7-17-18-8-9/h7-8,10-11H,3-6,15H2,1-2H3,(H,16,19)(H,17,18). The number of aromatic amines is 1. The van der Waals surface area contributed by atoms with Crippen molar-refractivity contribution < 1.29 is 9.53 Å². The summed E-state index contributed by atoms with van der Waals surface area (Å²) in [5, 5.41) is 9.53. The van der Waals surface area contributed by atoms with Crippen LogP contribution < -0.4 is 11.1 Å². The third-order valence-corrected chi connectivity index (χ3v) is 5.07. The lowest BCUT2D eigenvalue weighted by Gasteiger charge is -2.65. The van der Waals surface area contributed by atoms with Crippen molar-refractivity contribution in [3.63, 3.8) is 0 Å². The Hall–Kier alpha value is -1.40. The Morgan fingerprint density at radius 1 is 1.65 bits per heavy atom. The predicted octanol–water partition coefficient (Wildman–Crippen LogP) is 0.558. The van der Waals surface area contributed by atoms with Crippen LogP contribution in [0.4, 0.5) is 0 Å². The normalized spacial score (nSPS) is 35.0. The smallest absolute Gasteiger partial charge is 0.241 e. The molecule has 3 atom stereocenters. The summed E-state index contributed by atoms with van der Waals surface area (Å²) < 4.78 is 5.81. The van der Waals surface area contributed by atoms with Crippen LogP contribution in [0.2, 0.25) is 0 Å². The van der Waals surface area contributed by atoms with E-state index >= 15 is 0 Å². The average molecular weight is 278 g/mol. The number of aromatic nitrogens is 2. The number of nitrogens with one attached hydrogen (secondary N) is 2. The van der Waals surface area contributed by atoms with Crippen LogP contribution in [0.25, 0.3) is 0 Å². The minimum Gasteiger partial charge on any atom is -0.377 e. The maximum absolute atomic E-state index is 12.6. The summed E-state index contributed by atoms with van der Waals surface area (Å²) in [4.78, 5) is 12.6. The largest absolute Gasteiger partial charge is 0.377 e. The van der Waals surface area contributed by atoms with Gasteiger partial charge in [-0.1, -0.05) is 13.8 Å². The third-order valence-electron chi connectivity index (χ3n) is 5.07. The molecule has 1 aromatic heterocycles. The van der Waals surface area contributed by atoms with Crippen molar-refractivity contribution in [2.24, 2.45) is 17.1 Å². The lowest BCUT2D eigenvalue weighted by atomic mass is 9.46. The molecular formula is C14H22N4O2. The fraction of sp³-hybridized carbons (Fsp3) is 0.714. The lowest BCUT2D eigenvalue weighted by Crippen LogP contribution is -2.82. The topological polar surface area (TPSA) is 93.0 Å². The van der Waals surface area contributed by atoms with Gasteiger partial charge < -0.3 is 15.8 Å². The molecular weight excluding hydrogens is 256 g/mol. The maximum Gasteiger partial charge on any atom is 0.241 e. The molecule has 110 valence electrons. The van der Waals surface area contributed by atoms with Crippen molar-refractivity contribution in [2.75, 3.05) is 6.61 Å². The highest BCUT2D eigenvalue weighted by Crippen LogP contribution is 2.57. The van der Waals surface area contributed by atoms with Gasteiger partial charge in [-0.05, 0) is 12.8 Å². The highest BCUT2D eigenvalue weighted by atomic mass is 16.5. The van der Waals surface area contributed by atoms with E-state index in [0.29, 0.717) is 6.54 Å². The SMILES string of the molecule is CC1(C)C2OCCCC2C1(N)C(=O)NCc1cn[nH]c1. The fourth-order valence-corrected chi connectivity index (χ4v) is 3.74. The van der Waals surface area contributed by atoms with Crippen molar-refractivity contribution in [1.29, 1.82) is 0 Å². The van der Waals surface area contributed by atoms with Gasteiger partial charge in [0.15, 0.2) is 0 Å². The molecule has 20 heavy (non-hydrogen) atoms. The number of hydrogen-bond donors (Lipinski definition) is 3. The molecule has 2 aliphatic rings. The Bertz CT molecular complexity index is 499. The Morgan fingerprint density at radius 3 is 3.15 bits per heavy atom. The molecule has 0 aromatic carbocycles. The van der Waals surface area contributed by atoms with Gasteiger partial charge in [-0.3, -0.25) is 9.89 Å². The van der Waals surface area contributed by atoms with E-state index < -0.39 is 5.54 Å². The number of hydrogen-bond acceptors (Lipinski definition) is 4. The summed E-state index contributed by atoms with van der Waals surface area (Å²) in [5.41, 5.74) is 6.26. The first-order valence-corrected chi connectivity index (χ1v) is 7.14. The molecule has 1 saturated heterocycles. The zero-order valence-corrected chi connectivity index (χ0v) is 12.0. The highest BCUT2D eigenvalue weighted by Gasteiger charge is 2.70. The van der Waals surface area contributed by atoms with Gasteiger partial charge in [0.05, 0.1) is 12.3 Å². The summed E-state index contributed by atoms with van der Waals surface area (Å²) in [6.45, 7) is 5.27. The van der Waals surface area contributed by atoms with Gasteiger partial charge in [0.1, 0.15) is 5.54 Å². The molecule has 6 heteroatoms. The summed E-state index contributed by atoms with van der Waals surface area (Å²) in [6, 6.07) is 0. The van der Waals surface area contributed by atoms with Crippen LogP contribution in [0.1, 0.15) is 32.3 Å². The number of amides is 1. The van der Waals surface area contributed by atoms with Crippen LogP contribution in [0.15, 0.2) is 12.4 Å². The highest BCUT2D eigenvalue weighted by molar-refractivity contribution is 5.89. The van der Waals surface area contributed by atoms with Gasteiger partial charge in [0, 0.05) is 36.2 Å². The molecule has 2 fully saturated rings. The molecule has 1 aliphatic carbocycles. The van der Waals surface area contributed by atoms with E-state index in [1.165, 1.54) is 0 Å². The van der Waals surface area contributed by atoms with Crippen molar-refractivity contribution in [1.82, 2.24) is 15.5 Å². The molecule has 4 N–H and O–H groups in total. The molecule has 3 unspecified atom stereocenters. The lowest BCUT2D eigenvalue weighted by molar-refractivity contribution is -0.225. The zero-order chi connectivity index (χ0) is 14.4. The van der Waals surface area contributed by atoms with Gasteiger partial charge in [0.2, 0.25) is 5.91 Å². The third kappa shape index (κ3) is 1.71. The van der Waals surface area contributed by atoms with Crippen molar-refractivity contribution >= 4 is 5.91 Å². The second-order valence-corrected chi connectivity index (χ2v) is 6.42. The number of ether oxygens (including phenoxy) is 1. The van der Waals surface area contributed by atoms with Crippen LogP contribution >= 0.6 is 0 Å². The Labute approximate surface area is 118 Å². The van der Waals surface area contributed by atoms with Crippen LogP contribution in [-0.2, 0) is 16.1 Å². The minimum atomic E-state index is -0.845. The van der Waals surface area contributed by atoms with Gasteiger partial charge in [-0.15, -0.1) is 0 Å². The second-order valence-electron chi connectivity index (χ2n) is 6.42. The molecule has 2 heterocycles. The van der Waals surface area contributed by atoms with Crippen molar-refractivity contribution in [3.05, 3.63) is 18.0 Å².